The number of ether oxygens (including phenoxy) is 1. The number of nitrogens with zero attached hydrogens (tertiary/aromatic N) is 1. The first-order chi connectivity index (χ1) is 9.67. The van der Waals surface area contributed by atoms with Gasteiger partial charge in [-0.15, -0.1) is 11.3 Å². The largest absolute Gasteiger partial charge is 0.458 e. The Morgan fingerprint density at radius 1 is 1.30 bits per heavy atom. The zero-order chi connectivity index (χ0) is 14.4. The molecule has 0 aliphatic rings. The maximum Gasteiger partial charge on any atom is 0.331 e. The number of halogens is 1. The number of carbonyl (C=O) groups is 1. The molecule has 5 heteroatoms. The van der Waals surface area contributed by atoms with Crippen LogP contribution in [0.4, 0.5) is 0 Å². The van der Waals surface area contributed by atoms with Gasteiger partial charge in [0.2, 0.25) is 0 Å². The first-order valence-electron chi connectivity index (χ1n) is 5.76. The highest BCUT2D eigenvalue weighted by atomic mass is 79.9. The molecule has 0 aliphatic carbocycles. The van der Waals surface area contributed by atoms with Crippen LogP contribution in [-0.2, 0) is 16.1 Å². The van der Waals surface area contributed by atoms with Crippen molar-refractivity contribution in [2.24, 2.45) is 0 Å². The number of rotatable bonds is 4. The molecular weight excluding hydrogens is 338 g/mol. The number of benzene rings is 1. The quantitative estimate of drug-likeness (QED) is 0.616. The van der Waals surface area contributed by atoms with Crippen molar-refractivity contribution in [3.05, 3.63) is 62.3 Å². The molecular formula is C15H10BrNO2S. The van der Waals surface area contributed by atoms with Crippen LogP contribution in [0.2, 0.25) is 0 Å². The highest BCUT2D eigenvalue weighted by Gasteiger charge is 2.00. The van der Waals surface area contributed by atoms with E-state index >= 15 is 0 Å². The van der Waals surface area contributed by atoms with Crippen LogP contribution in [0.5, 0.6) is 0 Å². The molecule has 1 aromatic heterocycles. The van der Waals surface area contributed by atoms with Crippen LogP contribution in [0.1, 0.15) is 16.0 Å². The van der Waals surface area contributed by atoms with E-state index in [0.29, 0.717) is 5.56 Å². The molecule has 0 spiro atoms. The number of carbonyl (C=O) groups excluding carboxylic acids is 1. The topological polar surface area (TPSA) is 50.1 Å². The molecule has 3 nitrogen and oxygen atoms in total. The molecule has 0 atom stereocenters. The minimum absolute atomic E-state index is 0.197. The molecule has 0 saturated heterocycles. The van der Waals surface area contributed by atoms with Gasteiger partial charge in [0.1, 0.15) is 6.61 Å². The molecule has 0 aliphatic heterocycles. The normalized spacial score (nSPS) is 10.4. The van der Waals surface area contributed by atoms with Crippen LogP contribution in [0, 0.1) is 11.3 Å². The summed E-state index contributed by atoms with van der Waals surface area (Å²) < 4.78 is 6.13. The summed E-state index contributed by atoms with van der Waals surface area (Å²) in [6.45, 7) is 0.197. The van der Waals surface area contributed by atoms with Gasteiger partial charge < -0.3 is 4.74 Å². The number of thiophene rings is 1. The van der Waals surface area contributed by atoms with Gasteiger partial charge in [0, 0.05) is 11.0 Å². The van der Waals surface area contributed by atoms with Gasteiger partial charge in [0.15, 0.2) is 0 Å². The Bertz CT molecular complexity index is 668. The molecule has 0 saturated carbocycles. The number of hydrogen-bond donors (Lipinski definition) is 0. The molecule has 0 unspecified atom stereocenters. The average molecular weight is 348 g/mol. The van der Waals surface area contributed by atoms with E-state index in [2.05, 4.69) is 15.9 Å². The van der Waals surface area contributed by atoms with Gasteiger partial charge in [-0.3, -0.25) is 0 Å². The van der Waals surface area contributed by atoms with E-state index in [0.717, 1.165) is 14.2 Å². The fourth-order valence-corrected chi connectivity index (χ4v) is 2.77. The second kappa shape index (κ2) is 7.04. The zero-order valence-electron chi connectivity index (χ0n) is 10.4. The van der Waals surface area contributed by atoms with Gasteiger partial charge in [0.25, 0.3) is 0 Å². The van der Waals surface area contributed by atoms with Crippen LogP contribution in [0.25, 0.3) is 6.08 Å². The summed E-state index contributed by atoms with van der Waals surface area (Å²) in [5.41, 5.74) is 1.44. The summed E-state index contributed by atoms with van der Waals surface area (Å²) in [4.78, 5) is 12.5. The predicted octanol–water partition coefficient (Wildman–Crippen LogP) is 4.14. The van der Waals surface area contributed by atoms with Crippen molar-refractivity contribution in [1.82, 2.24) is 0 Å². The maximum atomic E-state index is 11.6. The molecule has 2 aromatic rings. The SMILES string of the molecule is N#Cc1ccc(COC(=O)/C=C/c2ccc(Br)s2)cc1. The van der Waals surface area contributed by atoms with E-state index in [1.54, 1.807) is 30.3 Å². The summed E-state index contributed by atoms with van der Waals surface area (Å²) in [5, 5.41) is 8.68. The first kappa shape index (κ1) is 14.5. The second-order valence-corrected chi connectivity index (χ2v) is 6.39. The molecule has 0 bridgehead atoms. The predicted molar refractivity (Wildman–Crippen MR) is 82.0 cm³/mol. The van der Waals surface area contributed by atoms with Crippen molar-refractivity contribution >= 4 is 39.3 Å². The van der Waals surface area contributed by atoms with E-state index in [-0.39, 0.29) is 12.6 Å². The Kier molecular flexibility index (Phi) is 5.10. The third-order valence-electron chi connectivity index (χ3n) is 2.44. The van der Waals surface area contributed by atoms with Crippen LogP contribution in [0.15, 0.2) is 46.3 Å². The lowest BCUT2D eigenvalue weighted by atomic mass is 10.2. The summed E-state index contributed by atoms with van der Waals surface area (Å²) >= 11 is 4.90. The van der Waals surface area contributed by atoms with E-state index in [9.17, 15) is 4.79 Å². The first-order valence-corrected chi connectivity index (χ1v) is 7.37. The van der Waals surface area contributed by atoms with E-state index in [4.69, 9.17) is 10.00 Å². The Hall–Kier alpha value is -1.90. The van der Waals surface area contributed by atoms with Gasteiger partial charge in [-0.05, 0) is 51.8 Å². The van der Waals surface area contributed by atoms with Crippen LogP contribution >= 0.6 is 27.3 Å². The van der Waals surface area contributed by atoms with E-state index in [1.807, 2.05) is 18.2 Å². The van der Waals surface area contributed by atoms with Crippen LogP contribution in [-0.4, -0.2) is 5.97 Å². The third kappa shape index (κ3) is 4.34. The Morgan fingerprint density at radius 3 is 2.65 bits per heavy atom. The van der Waals surface area contributed by atoms with Crippen LogP contribution < -0.4 is 0 Å². The van der Waals surface area contributed by atoms with Crippen molar-refractivity contribution in [1.29, 1.82) is 5.26 Å². The van der Waals surface area contributed by atoms with Gasteiger partial charge in [-0.1, -0.05) is 12.1 Å². The minimum Gasteiger partial charge on any atom is -0.458 e. The summed E-state index contributed by atoms with van der Waals surface area (Å²) in [6, 6.07) is 12.8. The smallest absolute Gasteiger partial charge is 0.331 e. The number of nitriles is 1. The third-order valence-corrected chi connectivity index (χ3v) is 4.03. The summed E-state index contributed by atoms with van der Waals surface area (Å²) in [6.07, 6.45) is 3.12. The average Bonchev–Trinajstić information content (AvgIpc) is 2.89. The maximum absolute atomic E-state index is 11.6. The van der Waals surface area contributed by atoms with Gasteiger partial charge in [0.05, 0.1) is 15.4 Å². The Morgan fingerprint density at radius 2 is 2.05 bits per heavy atom. The lowest BCUT2D eigenvalue weighted by Gasteiger charge is -2.01. The fourth-order valence-electron chi connectivity index (χ4n) is 1.45. The molecule has 20 heavy (non-hydrogen) atoms. The zero-order valence-corrected chi connectivity index (χ0v) is 12.8. The molecule has 0 fully saturated rings. The van der Waals surface area contributed by atoms with Gasteiger partial charge in [-0.25, -0.2) is 4.79 Å². The van der Waals surface area contributed by atoms with Crippen LogP contribution in [0.3, 0.4) is 0 Å². The lowest BCUT2D eigenvalue weighted by molar-refractivity contribution is -0.138. The standard InChI is InChI=1S/C15H10BrNO2S/c16-14-7-5-13(20-14)6-8-15(18)19-10-12-3-1-11(9-17)2-4-12/h1-8H,10H2/b8-6+. The van der Waals surface area contributed by atoms with Crippen molar-refractivity contribution < 1.29 is 9.53 Å². The molecule has 0 N–H and O–H groups in total. The highest BCUT2D eigenvalue weighted by molar-refractivity contribution is 9.11. The molecule has 1 heterocycles. The van der Waals surface area contributed by atoms with Crippen molar-refractivity contribution in [2.45, 2.75) is 6.61 Å². The minimum atomic E-state index is -0.390. The van der Waals surface area contributed by atoms with Crippen molar-refractivity contribution in [3.8, 4) is 6.07 Å². The molecule has 100 valence electrons. The number of hydrogen-bond acceptors (Lipinski definition) is 4. The fraction of sp³-hybridized carbons (Fsp3) is 0.0667. The second-order valence-electron chi connectivity index (χ2n) is 3.89. The van der Waals surface area contributed by atoms with Gasteiger partial charge >= 0.3 is 5.97 Å². The Labute approximate surface area is 129 Å². The van der Waals surface area contributed by atoms with Crippen molar-refractivity contribution in [2.75, 3.05) is 0 Å². The molecule has 0 amide bonds. The molecule has 2 rings (SSSR count). The highest BCUT2D eigenvalue weighted by Crippen LogP contribution is 2.22. The molecule has 1 aromatic carbocycles. The van der Waals surface area contributed by atoms with E-state index in [1.165, 1.54) is 17.4 Å². The summed E-state index contributed by atoms with van der Waals surface area (Å²) in [7, 11) is 0. The molecule has 0 radical (unpaired) electrons. The van der Waals surface area contributed by atoms with Crippen molar-refractivity contribution in [3.63, 3.8) is 0 Å². The number of esters is 1. The van der Waals surface area contributed by atoms with E-state index < -0.39 is 0 Å². The summed E-state index contributed by atoms with van der Waals surface area (Å²) in [5.74, 6) is -0.390. The lowest BCUT2D eigenvalue weighted by Crippen LogP contribution is -2.00. The Balaban J connectivity index is 1.85. The monoisotopic (exact) mass is 347 g/mol. The van der Waals surface area contributed by atoms with Gasteiger partial charge in [-0.2, -0.15) is 5.26 Å².